The molecule has 86 valence electrons. The van der Waals surface area contributed by atoms with Gasteiger partial charge in [-0.3, -0.25) is 4.79 Å². The number of hydrogen-bond acceptors (Lipinski definition) is 2. The number of ether oxygens (including phenoxy) is 1. The molecule has 2 rings (SSSR count). The molecule has 0 radical (unpaired) electrons. The molecule has 0 spiro atoms. The van der Waals surface area contributed by atoms with E-state index >= 15 is 0 Å². The van der Waals surface area contributed by atoms with E-state index in [1.807, 2.05) is 0 Å². The summed E-state index contributed by atoms with van der Waals surface area (Å²) >= 11 is 11.6. The van der Waals surface area contributed by atoms with Crippen molar-refractivity contribution in [2.45, 2.75) is 12.5 Å². The summed E-state index contributed by atoms with van der Waals surface area (Å²) in [7, 11) is 0. The third kappa shape index (κ3) is 3.37. The quantitative estimate of drug-likeness (QED) is 0.842. The van der Waals surface area contributed by atoms with Gasteiger partial charge < -0.3 is 10.1 Å². The van der Waals surface area contributed by atoms with Crippen molar-refractivity contribution in [1.82, 2.24) is 5.32 Å². The van der Waals surface area contributed by atoms with E-state index in [0.29, 0.717) is 23.0 Å². The minimum atomic E-state index is -0.0334. The average Bonchev–Trinajstić information content (AvgIpc) is 3.04. The Labute approximate surface area is 104 Å². The summed E-state index contributed by atoms with van der Waals surface area (Å²) in [6.45, 7) is 1.33. The van der Waals surface area contributed by atoms with Crippen molar-refractivity contribution in [2.75, 3.05) is 13.2 Å². The maximum Gasteiger partial charge on any atom is 0.224 e. The van der Waals surface area contributed by atoms with Gasteiger partial charge >= 0.3 is 0 Å². The smallest absolute Gasteiger partial charge is 0.224 e. The molecular weight excluding hydrogens is 249 g/mol. The van der Waals surface area contributed by atoms with Crippen LogP contribution < -0.4 is 5.32 Å². The Morgan fingerprint density at radius 1 is 1.44 bits per heavy atom. The van der Waals surface area contributed by atoms with Gasteiger partial charge in [0.05, 0.1) is 29.2 Å². The number of rotatable bonds is 4. The van der Waals surface area contributed by atoms with Crippen LogP contribution in [-0.2, 0) is 16.0 Å². The van der Waals surface area contributed by atoms with Crippen LogP contribution >= 0.6 is 23.2 Å². The molecule has 1 aliphatic heterocycles. The minimum absolute atomic E-state index is 0.0334. The van der Waals surface area contributed by atoms with Crippen LogP contribution in [-0.4, -0.2) is 25.2 Å². The second-order valence-corrected chi connectivity index (χ2v) is 4.50. The standard InChI is InChI=1S/C11H11Cl2NO2/c12-9-2-1-7(3-10(9)13)4-11(15)14-5-8-6-16-8/h1-3,8H,4-6H2,(H,14,15). The molecular formula is C11H11Cl2NO2. The van der Waals surface area contributed by atoms with Crippen molar-refractivity contribution >= 4 is 29.1 Å². The Bertz CT molecular complexity index is 405. The normalized spacial score (nSPS) is 18.2. The fourth-order valence-electron chi connectivity index (χ4n) is 1.31. The van der Waals surface area contributed by atoms with Gasteiger partial charge in [0.1, 0.15) is 0 Å². The Kier molecular flexibility index (Phi) is 3.69. The van der Waals surface area contributed by atoms with Crippen molar-refractivity contribution in [3.05, 3.63) is 33.8 Å². The highest BCUT2D eigenvalue weighted by Crippen LogP contribution is 2.22. The molecule has 5 heteroatoms. The zero-order chi connectivity index (χ0) is 11.5. The highest BCUT2D eigenvalue weighted by Gasteiger charge is 2.22. The first-order chi connectivity index (χ1) is 7.65. The zero-order valence-electron chi connectivity index (χ0n) is 8.50. The molecule has 0 saturated carbocycles. The Hall–Kier alpha value is -0.770. The molecule has 1 heterocycles. The van der Waals surface area contributed by atoms with E-state index in [-0.39, 0.29) is 12.0 Å². The summed E-state index contributed by atoms with van der Waals surface area (Å²) in [6, 6.07) is 5.19. The average molecular weight is 260 g/mol. The Balaban J connectivity index is 1.86. The number of carbonyl (C=O) groups excluding carboxylic acids is 1. The van der Waals surface area contributed by atoms with Crippen LogP contribution in [0.15, 0.2) is 18.2 Å². The summed E-state index contributed by atoms with van der Waals surface area (Å²) in [4.78, 5) is 11.5. The van der Waals surface area contributed by atoms with Gasteiger partial charge in [0.25, 0.3) is 0 Å². The van der Waals surface area contributed by atoms with Crippen molar-refractivity contribution in [2.24, 2.45) is 0 Å². The maximum atomic E-state index is 11.5. The van der Waals surface area contributed by atoms with Gasteiger partial charge in [-0.25, -0.2) is 0 Å². The first-order valence-electron chi connectivity index (χ1n) is 4.97. The summed E-state index contributed by atoms with van der Waals surface area (Å²) in [6.07, 6.45) is 0.515. The number of amides is 1. The number of carbonyl (C=O) groups is 1. The molecule has 1 N–H and O–H groups in total. The molecule has 1 aromatic rings. The first-order valence-corrected chi connectivity index (χ1v) is 5.73. The number of halogens is 2. The van der Waals surface area contributed by atoms with Crippen LogP contribution in [0.25, 0.3) is 0 Å². The van der Waals surface area contributed by atoms with Crippen LogP contribution in [0.2, 0.25) is 10.0 Å². The molecule has 1 saturated heterocycles. The van der Waals surface area contributed by atoms with Gasteiger partial charge in [0, 0.05) is 6.54 Å². The fourth-order valence-corrected chi connectivity index (χ4v) is 1.63. The zero-order valence-corrected chi connectivity index (χ0v) is 10.0. The largest absolute Gasteiger partial charge is 0.371 e. The van der Waals surface area contributed by atoms with E-state index in [1.165, 1.54) is 0 Å². The summed E-state index contributed by atoms with van der Waals surface area (Å²) < 4.78 is 4.99. The van der Waals surface area contributed by atoms with Crippen molar-refractivity contribution < 1.29 is 9.53 Å². The lowest BCUT2D eigenvalue weighted by Gasteiger charge is -2.04. The molecule has 1 aromatic carbocycles. The van der Waals surface area contributed by atoms with Gasteiger partial charge in [-0.2, -0.15) is 0 Å². The van der Waals surface area contributed by atoms with Crippen LogP contribution in [0.4, 0.5) is 0 Å². The van der Waals surface area contributed by atoms with E-state index in [1.54, 1.807) is 18.2 Å². The monoisotopic (exact) mass is 259 g/mol. The van der Waals surface area contributed by atoms with Gasteiger partial charge in [0.15, 0.2) is 0 Å². The van der Waals surface area contributed by atoms with E-state index in [4.69, 9.17) is 27.9 Å². The lowest BCUT2D eigenvalue weighted by molar-refractivity contribution is -0.120. The predicted octanol–water partition coefficient (Wildman–Crippen LogP) is 2.05. The molecule has 1 fully saturated rings. The van der Waals surface area contributed by atoms with Crippen molar-refractivity contribution in [3.63, 3.8) is 0 Å². The number of epoxide rings is 1. The second-order valence-electron chi connectivity index (χ2n) is 3.68. The lowest BCUT2D eigenvalue weighted by Crippen LogP contribution is -2.28. The molecule has 3 nitrogen and oxygen atoms in total. The van der Waals surface area contributed by atoms with Gasteiger partial charge in [-0.15, -0.1) is 0 Å². The molecule has 16 heavy (non-hydrogen) atoms. The topological polar surface area (TPSA) is 41.6 Å². The van der Waals surface area contributed by atoms with E-state index in [0.717, 1.165) is 12.2 Å². The molecule has 1 aliphatic rings. The van der Waals surface area contributed by atoms with Crippen LogP contribution in [0, 0.1) is 0 Å². The van der Waals surface area contributed by atoms with E-state index in [2.05, 4.69) is 5.32 Å². The van der Waals surface area contributed by atoms with Gasteiger partial charge in [-0.1, -0.05) is 29.3 Å². The Morgan fingerprint density at radius 2 is 2.19 bits per heavy atom. The molecule has 0 aromatic heterocycles. The Morgan fingerprint density at radius 3 is 2.81 bits per heavy atom. The molecule has 1 atom stereocenters. The summed E-state index contributed by atoms with van der Waals surface area (Å²) in [5, 5.41) is 3.75. The van der Waals surface area contributed by atoms with E-state index in [9.17, 15) is 4.79 Å². The van der Waals surface area contributed by atoms with Gasteiger partial charge in [0.2, 0.25) is 5.91 Å². The van der Waals surface area contributed by atoms with Crippen LogP contribution in [0.3, 0.4) is 0 Å². The molecule has 0 bridgehead atoms. The van der Waals surface area contributed by atoms with Crippen molar-refractivity contribution in [3.8, 4) is 0 Å². The minimum Gasteiger partial charge on any atom is -0.371 e. The molecule has 1 amide bonds. The predicted molar refractivity (Wildman–Crippen MR) is 62.9 cm³/mol. The number of nitrogens with one attached hydrogen (secondary N) is 1. The molecule has 1 unspecified atom stereocenters. The van der Waals surface area contributed by atoms with E-state index < -0.39 is 0 Å². The van der Waals surface area contributed by atoms with Crippen molar-refractivity contribution in [1.29, 1.82) is 0 Å². The summed E-state index contributed by atoms with van der Waals surface area (Å²) in [5.74, 6) is -0.0334. The van der Waals surface area contributed by atoms with Crippen LogP contribution in [0.1, 0.15) is 5.56 Å². The fraction of sp³-hybridized carbons (Fsp3) is 0.364. The third-order valence-corrected chi connectivity index (χ3v) is 3.02. The van der Waals surface area contributed by atoms with Gasteiger partial charge in [-0.05, 0) is 17.7 Å². The highest BCUT2D eigenvalue weighted by atomic mass is 35.5. The third-order valence-electron chi connectivity index (χ3n) is 2.28. The second kappa shape index (κ2) is 5.04. The first kappa shape index (κ1) is 11.7. The number of hydrogen-bond donors (Lipinski definition) is 1. The highest BCUT2D eigenvalue weighted by molar-refractivity contribution is 6.42. The molecule has 0 aliphatic carbocycles. The summed E-state index contributed by atoms with van der Waals surface area (Å²) in [5.41, 5.74) is 0.851. The lowest BCUT2D eigenvalue weighted by atomic mass is 10.1. The SMILES string of the molecule is O=C(Cc1ccc(Cl)c(Cl)c1)NCC1CO1. The maximum absolute atomic E-state index is 11.5. The van der Waals surface area contributed by atoms with Crippen LogP contribution in [0.5, 0.6) is 0 Å². The number of benzene rings is 1.